The van der Waals surface area contributed by atoms with Gasteiger partial charge in [0.2, 0.25) is 11.8 Å². The van der Waals surface area contributed by atoms with E-state index in [0.717, 1.165) is 51.1 Å². The minimum Gasteiger partial charge on any atom is -0.489 e. The van der Waals surface area contributed by atoms with Gasteiger partial charge in [0.25, 0.3) is 0 Å². The van der Waals surface area contributed by atoms with Crippen LogP contribution in [0.15, 0.2) is 30.3 Å². The van der Waals surface area contributed by atoms with Gasteiger partial charge in [-0.25, -0.2) is 0 Å². The molecule has 1 saturated carbocycles. The zero-order valence-electron chi connectivity index (χ0n) is 18.1. The maximum absolute atomic E-state index is 12.9. The van der Waals surface area contributed by atoms with Gasteiger partial charge in [-0.05, 0) is 37.8 Å². The molecule has 2 atom stereocenters. The molecule has 164 valence electrons. The molecular formula is C24H35N3O3. The lowest BCUT2D eigenvalue weighted by atomic mass is 9.87. The van der Waals surface area contributed by atoms with E-state index in [-0.39, 0.29) is 24.0 Å². The molecule has 2 heterocycles. The van der Waals surface area contributed by atoms with Crippen LogP contribution in [0.2, 0.25) is 0 Å². The number of nitrogens with zero attached hydrogens (tertiary/aromatic N) is 2. The Bertz CT molecular complexity index is 712. The molecule has 1 aromatic carbocycles. The van der Waals surface area contributed by atoms with Crippen molar-refractivity contribution in [3.63, 3.8) is 0 Å². The third kappa shape index (κ3) is 4.80. The average molecular weight is 414 g/mol. The summed E-state index contributed by atoms with van der Waals surface area (Å²) in [6.45, 7) is 2.37. The second-order valence-corrected chi connectivity index (χ2v) is 9.01. The zero-order chi connectivity index (χ0) is 20.9. The van der Waals surface area contributed by atoms with Gasteiger partial charge in [0, 0.05) is 45.1 Å². The number of hydrogen-bond donors (Lipinski definition) is 1. The number of ether oxygens (including phenoxy) is 1. The van der Waals surface area contributed by atoms with E-state index in [9.17, 15) is 9.59 Å². The van der Waals surface area contributed by atoms with Gasteiger partial charge in [-0.15, -0.1) is 0 Å². The summed E-state index contributed by atoms with van der Waals surface area (Å²) in [5.74, 6) is 1.52. The third-order valence-corrected chi connectivity index (χ3v) is 7.10. The molecule has 6 heteroatoms. The fourth-order valence-corrected chi connectivity index (χ4v) is 5.45. The summed E-state index contributed by atoms with van der Waals surface area (Å²) in [5, 5.41) is 2.83. The van der Waals surface area contributed by atoms with Gasteiger partial charge in [0.15, 0.2) is 0 Å². The molecular weight excluding hydrogens is 378 g/mol. The number of amides is 2. The fourth-order valence-electron chi connectivity index (χ4n) is 5.45. The lowest BCUT2D eigenvalue weighted by molar-refractivity contribution is -0.138. The average Bonchev–Trinajstić information content (AvgIpc) is 3.23. The fraction of sp³-hybridized carbons (Fsp3) is 0.667. The van der Waals surface area contributed by atoms with E-state index in [4.69, 9.17) is 4.74 Å². The Morgan fingerprint density at radius 3 is 2.37 bits per heavy atom. The van der Waals surface area contributed by atoms with Crippen molar-refractivity contribution in [1.82, 2.24) is 15.1 Å². The molecule has 6 nitrogen and oxygen atoms in total. The van der Waals surface area contributed by atoms with Crippen molar-refractivity contribution in [3.8, 4) is 5.75 Å². The molecule has 3 aliphatic rings. The van der Waals surface area contributed by atoms with Crippen LogP contribution in [0.25, 0.3) is 0 Å². The number of benzene rings is 1. The predicted molar refractivity (Wildman–Crippen MR) is 116 cm³/mol. The number of carbonyl (C=O) groups excluding carboxylic acids is 2. The predicted octanol–water partition coefficient (Wildman–Crippen LogP) is 2.83. The number of likely N-dealkylation sites (N-methyl/N-ethyl adjacent to an activating group) is 1. The van der Waals surface area contributed by atoms with E-state index >= 15 is 0 Å². The normalized spacial score (nSPS) is 26.5. The summed E-state index contributed by atoms with van der Waals surface area (Å²) in [6.07, 6.45) is 8.35. The number of rotatable bonds is 5. The molecule has 2 amide bonds. The van der Waals surface area contributed by atoms with E-state index in [1.165, 1.54) is 19.3 Å². The first-order valence-corrected chi connectivity index (χ1v) is 11.6. The molecule has 1 N–H and O–H groups in total. The minimum absolute atomic E-state index is 0.0107. The molecule has 0 aromatic heterocycles. The highest BCUT2D eigenvalue weighted by atomic mass is 16.5. The van der Waals surface area contributed by atoms with E-state index in [1.807, 2.05) is 30.3 Å². The summed E-state index contributed by atoms with van der Waals surface area (Å²) in [6, 6.07) is 10.0. The Morgan fingerprint density at radius 1 is 1.00 bits per heavy atom. The quantitative estimate of drug-likeness (QED) is 0.806. The van der Waals surface area contributed by atoms with Crippen LogP contribution in [-0.4, -0.2) is 66.5 Å². The number of carbonyl (C=O) groups is 2. The van der Waals surface area contributed by atoms with Crippen molar-refractivity contribution in [2.45, 2.75) is 69.6 Å². The van der Waals surface area contributed by atoms with Crippen LogP contribution in [0.4, 0.5) is 0 Å². The van der Waals surface area contributed by atoms with E-state index < -0.39 is 0 Å². The molecule has 4 rings (SSSR count). The molecule has 2 saturated heterocycles. The maximum atomic E-state index is 12.9. The van der Waals surface area contributed by atoms with E-state index in [2.05, 4.69) is 15.1 Å². The Hall–Kier alpha value is -2.08. The first-order valence-electron chi connectivity index (χ1n) is 11.6. The Kier molecular flexibility index (Phi) is 6.93. The molecule has 1 aliphatic carbocycles. The van der Waals surface area contributed by atoms with Crippen LogP contribution in [0, 0.1) is 5.92 Å². The van der Waals surface area contributed by atoms with Crippen molar-refractivity contribution in [1.29, 1.82) is 0 Å². The summed E-state index contributed by atoms with van der Waals surface area (Å²) >= 11 is 0. The topological polar surface area (TPSA) is 61.9 Å². The van der Waals surface area contributed by atoms with Crippen molar-refractivity contribution < 1.29 is 14.3 Å². The molecule has 3 fully saturated rings. The van der Waals surface area contributed by atoms with E-state index in [1.54, 1.807) is 7.05 Å². The van der Waals surface area contributed by atoms with Crippen molar-refractivity contribution in [3.05, 3.63) is 30.3 Å². The SMILES string of the molecule is CNC(=O)[C@@H]1C[C@H](Oc2ccccc2)CN1C1CCN(C(=O)C2CCCCC2)CC1. The van der Waals surface area contributed by atoms with E-state index in [0.29, 0.717) is 18.4 Å². The first kappa shape index (κ1) is 21.2. The third-order valence-electron chi connectivity index (χ3n) is 7.10. The monoisotopic (exact) mass is 413 g/mol. The van der Waals surface area contributed by atoms with Gasteiger partial charge in [-0.1, -0.05) is 37.5 Å². The number of nitrogens with one attached hydrogen (secondary N) is 1. The number of hydrogen-bond acceptors (Lipinski definition) is 4. The van der Waals surface area contributed by atoms with Gasteiger partial charge in [-0.3, -0.25) is 14.5 Å². The van der Waals surface area contributed by atoms with Gasteiger partial charge in [-0.2, -0.15) is 0 Å². The number of likely N-dealkylation sites (tertiary alicyclic amines) is 2. The highest BCUT2D eigenvalue weighted by Gasteiger charge is 2.42. The van der Waals surface area contributed by atoms with Gasteiger partial charge < -0.3 is 15.0 Å². The Morgan fingerprint density at radius 2 is 1.70 bits per heavy atom. The van der Waals surface area contributed by atoms with Crippen molar-refractivity contribution in [2.75, 3.05) is 26.7 Å². The number of para-hydroxylation sites is 1. The standard InChI is InChI=1S/C24H35N3O3/c1-25-23(28)22-16-21(30-20-10-6-3-7-11-20)17-27(22)19-12-14-26(15-13-19)24(29)18-8-4-2-5-9-18/h3,6-7,10-11,18-19,21-22H,2,4-5,8-9,12-17H2,1H3,(H,25,28)/t21-,22-/m0/s1. The molecule has 30 heavy (non-hydrogen) atoms. The highest BCUT2D eigenvalue weighted by molar-refractivity contribution is 5.82. The van der Waals surface area contributed by atoms with Crippen LogP contribution in [0.3, 0.4) is 0 Å². The lowest BCUT2D eigenvalue weighted by Crippen LogP contribution is -2.52. The maximum Gasteiger partial charge on any atom is 0.237 e. The molecule has 2 aliphatic heterocycles. The highest BCUT2D eigenvalue weighted by Crippen LogP contribution is 2.31. The molecule has 0 radical (unpaired) electrons. The smallest absolute Gasteiger partial charge is 0.237 e. The summed E-state index contributed by atoms with van der Waals surface area (Å²) in [4.78, 5) is 29.9. The second-order valence-electron chi connectivity index (χ2n) is 9.01. The molecule has 0 unspecified atom stereocenters. The second kappa shape index (κ2) is 9.82. The van der Waals surface area contributed by atoms with Crippen molar-refractivity contribution >= 4 is 11.8 Å². The van der Waals surface area contributed by atoms with Crippen molar-refractivity contribution in [2.24, 2.45) is 5.92 Å². The number of piperidine rings is 1. The minimum atomic E-state index is -0.158. The first-order chi connectivity index (χ1) is 14.7. The van der Waals surface area contributed by atoms with Crippen LogP contribution in [0.1, 0.15) is 51.4 Å². The summed E-state index contributed by atoms with van der Waals surface area (Å²) in [7, 11) is 1.71. The largest absolute Gasteiger partial charge is 0.489 e. The summed E-state index contributed by atoms with van der Waals surface area (Å²) in [5.41, 5.74) is 0. The van der Waals surface area contributed by atoms with Gasteiger partial charge in [0.05, 0.1) is 6.04 Å². The van der Waals surface area contributed by atoms with Crippen LogP contribution in [0.5, 0.6) is 5.75 Å². The molecule has 0 spiro atoms. The summed E-state index contributed by atoms with van der Waals surface area (Å²) < 4.78 is 6.17. The Balaban J connectivity index is 1.35. The van der Waals surface area contributed by atoms with Crippen LogP contribution in [-0.2, 0) is 9.59 Å². The van der Waals surface area contributed by atoms with Gasteiger partial charge >= 0.3 is 0 Å². The Labute approximate surface area is 179 Å². The van der Waals surface area contributed by atoms with Crippen LogP contribution < -0.4 is 10.1 Å². The van der Waals surface area contributed by atoms with Gasteiger partial charge in [0.1, 0.15) is 11.9 Å². The zero-order valence-corrected chi connectivity index (χ0v) is 18.1. The molecule has 0 bridgehead atoms. The van der Waals surface area contributed by atoms with Crippen LogP contribution >= 0.6 is 0 Å². The lowest BCUT2D eigenvalue weighted by Gasteiger charge is -2.40. The molecule has 1 aromatic rings.